The van der Waals surface area contributed by atoms with Gasteiger partial charge in [-0.2, -0.15) is 0 Å². The third-order valence-corrected chi connectivity index (χ3v) is 31.7. The highest BCUT2D eigenvalue weighted by Crippen LogP contribution is 2.23. The molecule has 0 aromatic carbocycles. The van der Waals surface area contributed by atoms with E-state index in [1.807, 2.05) is 39.3 Å². The third-order valence-electron chi connectivity index (χ3n) is 5.02. The highest BCUT2D eigenvalue weighted by molar-refractivity contribution is 6.86. The summed E-state index contributed by atoms with van der Waals surface area (Å²) in [5.41, 5.74) is 0. The largest absolute Gasteiger partial charge is 0.669 e. The van der Waals surface area contributed by atoms with Crippen LogP contribution in [-0.4, -0.2) is 142 Å². The predicted octanol–water partition coefficient (Wildman–Crippen LogP) is 5.79. The van der Waals surface area contributed by atoms with Crippen molar-refractivity contribution in [3.8, 4) is 0 Å². The summed E-state index contributed by atoms with van der Waals surface area (Å²) in [7, 11) is -7.03. The van der Waals surface area contributed by atoms with E-state index in [1.54, 1.807) is 0 Å². The van der Waals surface area contributed by atoms with Crippen LogP contribution in [0.2, 0.25) is 98.2 Å². The number of hydrogen-bond acceptors (Lipinski definition) is 15. The number of rotatable bonds is 21. The zero-order valence-corrected chi connectivity index (χ0v) is 43.6. The minimum Gasteiger partial charge on any atom is -0.437 e. The summed E-state index contributed by atoms with van der Waals surface area (Å²) in [5.74, 6) is 0. The molecule has 0 radical (unpaired) electrons. The second-order valence-corrected chi connectivity index (χ2v) is 47.1. The standard InChI is InChI=1S/3C8H24O5Si3/c3*1-9-16(10-2,11-3)13-15(7,8)12-14(4,5)6/h3*1-8H3. The van der Waals surface area contributed by atoms with Gasteiger partial charge in [0.1, 0.15) is 0 Å². The van der Waals surface area contributed by atoms with Crippen molar-refractivity contribution in [2.24, 2.45) is 0 Å². The second kappa shape index (κ2) is 21.9. The Kier molecular flexibility index (Phi) is 24.5. The van der Waals surface area contributed by atoms with E-state index in [0.29, 0.717) is 0 Å². The number of hydrogen-bond donors (Lipinski definition) is 0. The molecule has 0 heterocycles. The van der Waals surface area contributed by atoms with Gasteiger partial charge in [0.25, 0.3) is 0 Å². The van der Waals surface area contributed by atoms with Crippen molar-refractivity contribution in [3.05, 3.63) is 0 Å². The molecule has 0 unspecified atom stereocenters. The quantitative estimate of drug-likeness (QED) is 0.129. The Balaban J connectivity index is -0.000000633. The molecule has 0 saturated heterocycles. The van der Waals surface area contributed by atoms with Crippen molar-refractivity contribution >= 4 is 77.8 Å². The third kappa shape index (κ3) is 24.6. The van der Waals surface area contributed by atoms with Crippen molar-refractivity contribution < 1.29 is 64.5 Å². The molecule has 0 amide bonds. The maximum Gasteiger partial charge on any atom is 0.669 e. The van der Waals surface area contributed by atoms with Crippen LogP contribution >= 0.6 is 0 Å². The summed E-state index contributed by atoms with van der Waals surface area (Å²) in [6, 6.07) is 0. The highest BCUT2D eigenvalue weighted by Gasteiger charge is 2.51. The molecule has 15 nitrogen and oxygen atoms in total. The van der Waals surface area contributed by atoms with Gasteiger partial charge in [-0.25, -0.2) is 0 Å². The zero-order valence-electron chi connectivity index (χ0n) is 34.6. The first-order valence-electron chi connectivity index (χ1n) is 15.5. The Hall–Kier alpha value is 1.35. The first kappa shape index (κ1) is 53.7. The lowest BCUT2D eigenvalue weighted by atomic mass is 11.8. The highest BCUT2D eigenvalue weighted by atomic mass is 28.5. The smallest absolute Gasteiger partial charge is 0.437 e. The molecule has 0 aliphatic rings. The van der Waals surface area contributed by atoms with Crippen LogP contribution in [0.15, 0.2) is 0 Å². The molecule has 0 rings (SSSR count). The summed E-state index contributed by atoms with van der Waals surface area (Å²) in [5, 5.41) is 0. The van der Waals surface area contributed by atoms with E-state index in [-0.39, 0.29) is 0 Å². The molecule has 48 heavy (non-hydrogen) atoms. The molecule has 0 fully saturated rings. The van der Waals surface area contributed by atoms with Crippen molar-refractivity contribution in [1.82, 2.24) is 0 Å². The predicted molar refractivity (Wildman–Crippen MR) is 209 cm³/mol. The maximum absolute atomic E-state index is 6.04. The van der Waals surface area contributed by atoms with Gasteiger partial charge in [-0.15, -0.1) is 0 Å². The monoisotopic (exact) mass is 852 g/mol. The first-order valence-corrected chi connectivity index (χ1v) is 39.0. The van der Waals surface area contributed by atoms with Gasteiger partial charge >= 0.3 is 52.8 Å². The molecule has 0 N–H and O–H groups in total. The van der Waals surface area contributed by atoms with E-state index >= 15 is 0 Å². The van der Waals surface area contributed by atoms with Crippen molar-refractivity contribution in [3.63, 3.8) is 0 Å². The Morgan fingerprint density at radius 3 is 0.417 bits per heavy atom. The van der Waals surface area contributed by atoms with Crippen molar-refractivity contribution in [1.29, 1.82) is 0 Å². The molecule has 0 bridgehead atoms. The average Bonchev–Trinajstić information content (AvgIpc) is 2.90. The average molecular weight is 854 g/mol. The van der Waals surface area contributed by atoms with Crippen LogP contribution in [0.5, 0.6) is 0 Å². The molecule has 0 aliphatic carbocycles. The van der Waals surface area contributed by atoms with Crippen LogP contribution in [0.1, 0.15) is 0 Å². The van der Waals surface area contributed by atoms with E-state index in [2.05, 4.69) is 58.9 Å². The van der Waals surface area contributed by atoms with Gasteiger partial charge in [0.05, 0.1) is 0 Å². The van der Waals surface area contributed by atoms with E-state index in [0.717, 1.165) is 0 Å². The van der Waals surface area contributed by atoms with Crippen LogP contribution in [0, 0.1) is 0 Å². The molecule has 0 aliphatic heterocycles. The molecule has 0 spiro atoms. The van der Waals surface area contributed by atoms with Crippen LogP contribution in [-0.2, 0) is 64.5 Å². The fraction of sp³-hybridized carbons (Fsp3) is 1.00. The Morgan fingerprint density at radius 2 is 0.333 bits per heavy atom. The second-order valence-electron chi connectivity index (χ2n) is 14.5. The van der Waals surface area contributed by atoms with Crippen LogP contribution in [0.4, 0.5) is 0 Å². The fourth-order valence-electron chi connectivity index (χ4n) is 4.30. The van der Waals surface area contributed by atoms with Gasteiger partial charge in [0, 0.05) is 64.0 Å². The molecular formula is C24H72O15Si9. The molecule has 0 atom stereocenters. The summed E-state index contributed by atoms with van der Waals surface area (Å²) in [6.07, 6.45) is 0. The lowest BCUT2D eigenvalue weighted by molar-refractivity contribution is 0.0401. The molecule has 0 aromatic heterocycles. The lowest BCUT2D eigenvalue weighted by Gasteiger charge is -2.35. The molecular weight excluding hydrogens is 781 g/mol. The summed E-state index contributed by atoms with van der Waals surface area (Å²) in [6.45, 7) is 31.0. The van der Waals surface area contributed by atoms with Gasteiger partial charge in [-0.3, -0.25) is 0 Å². The maximum atomic E-state index is 6.04. The summed E-state index contributed by atoms with van der Waals surface area (Å²) < 4.78 is 82.8. The lowest BCUT2D eigenvalue weighted by Crippen LogP contribution is -2.57. The molecule has 0 aromatic rings. The fourth-order valence-corrected chi connectivity index (χ4v) is 35.3. The molecule has 24 heteroatoms. The minimum absolute atomic E-state index is 1.53. The Labute approximate surface area is 303 Å². The van der Waals surface area contributed by atoms with Crippen LogP contribution < -0.4 is 0 Å². The van der Waals surface area contributed by atoms with Gasteiger partial charge in [-0.05, 0) is 98.2 Å². The molecule has 0 saturated carbocycles. The first-order chi connectivity index (χ1) is 21.3. The molecule has 294 valence electrons. The van der Waals surface area contributed by atoms with E-state index in [4.69, 9.17) is 64.5 Å². The summed E-state index contributed by atoms with van der Waals surface area (Å²) in [4.78, 5) is 0. The normalized spacial score (nSPS) is 14.2. The zero-order chi connectivity index (χ0) is 39.1. The van der Waals surface area contributed by atoms with Crippen LogP contribution in [0.25, 0.3) is 0 Å². The van der Waals surface area contributed by atoms with E-state index < -0.39 is 77.8 Å². The van der Waals surface area contributed by atoms with E-state index in [1.165, 1.54) is 64.0 Å². The summed E-state index contributed by atoms with van der Waals surface area (Å²) >= 11 is 0. The van der Waals surface area contributed by atoms with Gasteiger partial charge in [0.15, 0.2) is 25.0 Å². The van der Waals surface area contributed by atoms with Crippen molar-refractivity contribution in [2.75, 3.05) is 64.0 Å². The Morgan fingerprint density at radius 1 is 0.208 bits per heavy atom. The Bertz CT molecular complexity index is 721. The van der Waals surface area contributed by atoms with Gasteiger partial charge in [0.2, 0.25) is 0 Å². The SMILES string of the molecule is CO[Si](OC)(OC)O[Si](C)(C)O[Si](C)(C)C.CO[Si](OC)(OC)O[Si](C)(C)O[Si](C)(C)C.CO[Si](OC)(OC)O[Si](C)(C)O[Si](C)(C)C. The van der Waals surface area contributed by atoms with Gasteiger partial charge < -0.3 is 64.5 Å². The van der Waals surface area contributed by atoms with Crippen molar-refractivity contribution in [2.45, 2.75) is 98.2 Å². The van der Waals surface area contributed by atoms with Gasteiger partial charge in [-0.1, -0.05) is 0 Å². The minimum atomic E-state index is -2.99. The van der Waals surface area contributed by atoms with Crippen LogP contribution in [0.3, 0.4) is 0 Å². The topological polar surface area (TPSA) is 138 Å². The van der Waals surface area contributed by atoms with E-state index in [9.17, 15) is 0 Å².